The number of aromatic carboxylic acids is 1. The molecule has 1 heterocycles. The Bertz CT molecular complexity index is 674. The van der Waals surface area contributed by atoms with Crippen LogP contribution in [0.2, 0.25) is 0 Å². The van der Waals surface area contributed by atoms with E-state index in [1.165, 1.54) is 10.8 Å². The Morgan fingerprint density at radius 1 is 1.21 bits per heavy atom. The van der Waals surface area contributed by atoms with Gasteiger partial charge in [0.15, 0.2) is 5.43 Å². The van der Waals surface area contributed by atoms with Crippen molar-refractivity contribution in [1.82, 2.24) is 4.57 Å². The molecule has 6 heteroatoms. The summed E-state index contributed by atoms with van der Waals surface area (Å²) in [5, 5.41) is 8.81. The molecule has 0 spiro atoms. The van der Waals surface area contributed by atoms with E-state index in [0.717, 1.165) is 30.5 Å². The zero-order chi connectivity index (χ0) is 14.0. The Morgan fingerprint density at radius 3 is 2.42 bits per heavy atom. The largest absolute Gasteiger partial charge is 0.477 e. The highest BCUT2D eigenvalue weighted by atomic mass is 19.1. The fourth-order valence-electron chi connectivity index (χ4n) is 1.70. The predicted molar refractivity (Wildman–Crippen MR) is 63.1 cm³/mol. The molecular formula is C13H9F2NO3. The van der Waals surface area contributed by atoms with Crippen LogP contribution in [0.5, 0.6) is 0 Å². The number of carboxylic acid groups (broad SMARTS) is 1. The minimum absolute atomic E-state index is 0.0647. The second-order valence-electron chi connectivity index (χ2n) is 3.98. The van der Waals surface area contributed by atoms with Crippen LogP contribution in [-0.2, 0) is 6.54 Å². The summed E-state index contributed by atoms with van der Waals surface area (Å²) < 4.78 is 27.4. The molecule has 0 radical (unpaired) electrons. The summed E-state index contributed by atoms with van der Waals surface area (Å²) in [4.78, 5) is 22.1. The second kappa shape index (κ2) is 5.01. The number of carbonyl (C=O) groups is 1. The number of carboxylic acids is 1. The SMILES string of the molecule is O=C(O)c1cn(Cc2cc(F)cc(F)c2)ccc1=O. The molecule has 0 amide bonds. The summed E-state index contributed by atoms with van der Waals surface area (Å²) in [5.41, 5.74) is -0.675. The molecule has 1 aromatic carbocycles. The summed E-state index contributed by atoms with van der Waals surface area (Å²) in [6.45, 7) is 0.0647. The number of halogens is 2. The third kappa shape index (κ3) is 3.04. The Balaban J connectivity index is 2.36. The van der Waals surface area contributed by atoms with Crippen LogP contribution in [0, 0.1) is 11.6 Å². The number of nitrogens with zero attached hydrogens (tertiary/aromatic N) is 1. The number of benzene rings is 1. The van der Waals surface area contributed by atoms with Gasteiger partial charge in [0.05, 0.1) is 0 Å². The number of pyridine rings is 1. The van der Waals surface area contributed by atoms with Crippen LogP contribution in [0.15, 0.2) is 41.5 Å². The van der Waals surface area contributed by atoms with Crippen molar-refractivity contribution >= 4 is 5.97 Å². The van der Waals surface area contributed by atoms with Crippen molar-refractivity contribution in [3.8, 4) is 0 Å². The van der Waals surface area contributed by atoms with Crippen LogP contribution in [0.1, 0.15) is 15.9 Å². The van der Waals surface area contributed by atoms with Crippen LogP contribution >= 0.6 is 0 Å². The van der Waals surface area contributed by atoms with E-state index in [4.69, 9.17) is 5.11 Å². The van der Waals surface area contributed by atoms with E-state index in [0.29, 0.717) is 5.56 Å². The van der Waals surface area contributed by atoms with E-state index >= 15 is 0 Å². The van der Waals surface area contributed by atoms with Crippen molar-refractivity contribution in [2.24, 2.45) is 0 Å². The van der Waals surface area contributed by atoms with Gasteiger partial charge in [-0.05, 0) is 17.7 Å². The Kier molecular flexibility index (Phi) is 3.41. The van der Waals surface area contributed by atoms with Gasteiger partial charge in [-0.25, -0.2) is 13.6 Å². The molecule has 1 aromatic heterocycles. The molecule has 0 unspecified atom stereocenters. The molecule has 0 aliphatic rings. The number of hydrogen-bond acceptors (Lipinski definition) is 2. The van der Waals surface area contributed by atoms with Gasteiger partial charge in [0.1, 0.15) is 17.2 Å². The molecule has 2 aromatic rings. The topological polar surface area (TPSA) is 59.3 Å². The first-order valence-electron chi connectivity index (χ1n) is 5.34. The van der Waals surface area contributed by atoms with E-state index in [1.54, 1.807) is 0 Å². The van der Waals surface area contributed by atoms with Crippen molar-refractivity contribution in [1.29, 1.82) is 0 Å². The monoisotopic (exact) mass is 265 g/mol. The lowest BCUT2D eigenvalue weighted by molar-refractivity contribution is 0.0694. The predicted octanol–water partition coefficient (Wildman–Crippen LogP) is 1.87. The van der Waals surface area contributed by atoms with Gasteiger partial charge < -0.3 is 9.67 Å². The highest BCUT2D eigenvalue weighted by molar-refractivity contribution is 5.86. The molecule has 2 rings (SSSR count). The molecule has 4 nitrogen and oxygen atoms in total. The molecule has 0 aliphatic carbocycles. The molecule has 0 bridgehead atoms. The van der Waals surface area contributed by atoms with E-state index in [-0.39, 0.29) is 12.1 Å². The van der Waals surface area contributed by atoms with Gasteiger partial charge in [-0.15, -0.1) is 0 Å². The average Bonchev–Trinajstić information content (AvgIpc) is 2.30. The fourth-order valence-corrected chi connectivity index (χ4v) is 1.70. The van der Waals surface area contributed by atoms with E-state index < -0.39 is 23.0 Å². The molecule has 19 heavy (non-hydrogen) atoms. The molecule has 0 atom stereocenters. The lowest BCUT2D eigenvalue weighted by Gasteiger charge is -2.07. The minimum Gasteiger partial charge on any atom is -0.477 e. The van der Waals surface area contributed by atoms with E-state index in [9.17, 15) is 18.4 Å². The molecule has 1 N–H and O–H groups in total. The average molecular weight is 265 g/mol. The summed E-state index contributed by atoms with van der Waals surface area (Å²) in [6.07, 6.45) is 2.49. The third-order valence-corrected chi connectivity index (χ3v) is 2.50. The number of rotatable bonds is 3. The first-order valence-corrected chi connectivity index (χ1v) is 5.34. The number of hydrogen-bond donors (Lipinski definition) is 1. The molecule has 98 valence electrons. The summed E-state index contributed by atoms with van der Waals surface area (Å²) in [6, 6.07) is 4.12. The van der Waals surface area contributed by atoms with Crippen LogP contribution in [0.3, 0.4) is 0 Å². The maximum Gasteiger partial charge on any atom is 0.341 e. The summed E-state index contributed by atoms with van der Waals surface area (Å²) in [7, 11) is 0. The van der Waals surface area contributed by atoms with Gasteiger partial charge in [0.2, 0.25) is 0 Å². The van der Waals surface area contributed by atoms with Crippen molar-refractivity contribution in [3.63, 3.8) is 0 Å². The summed E-state index contributed by atoms with van der Waals surface area (Å²) in [5.74, 6) is -2.77. The van der Waals surface area contributed by atoms with E-state index in [1.807, 2.05) is 0 Å². The lowest BCUT2D eigenvalue weighted by Crippen LogP contribution is -2.16. The highest BCUT2D eigenvalue weighted by Gasteiger charge is 2.09. The van der Waals surface area contributed by atoms with Crippen molar-refractivity contribution in [2.75, 3.05) is 0 Å². The fraction of sp³-hybridized carbons (Fsp3) is 0.0769. The van der Waals surface area contributed by atoms with Gasteiger partial charge in [-0.1, -0.05) is 0 Å². The minimum atomic E-state index is -1.34. The van der Waals surface area contributed by atoms with Crippen LogP contribution in [-0.4, -0.2) is 15.6 Å². The highest BCUT2D eigenvalue weighted by Crippen LogP contribution is 2.09. The zero-order valence-electron chi connectivity index (χ0n) is 9.64. The van der Waals surface area contributed by atoms with Crippen molar-refractivity contribution in [3.05, 3.63) is 69.6 Å². The van der Waals surface area contributed by atoms with Crippen molar-refractivity contribution < 1.29 is 18.7 Å². The normalized spacial score (nSPS) is 10.4. The van der Waals surface area contributed by atoms with Gasteiger partial charge >= 0.3 is 5.97 Å². The van der Waals surface area contributed by atoms with Crippen molar-refractivity contribution in [2.45, 2.75) is 6.54 Å². The zero-order valence-corrected chi connectivity index (χ0v) is 9.64. The standard InChI is InChI=1S/C13H9F2NO3/c14-9-3-8(4-10(15)5-9)6-16-2-1-12(17)11(7-16)13(18)19/h1-5,7H,6H2,(H,18,19). The quantitative estimate of drug-likeness (QED) is 0.921. The summed E-state index contributed by atoms with van der Waals surface area (Å²) >= 11 is 0. The maximum atomic E-state index is 13.0. The van der Waals surface area contributed by atoms with Gasteiger partial charge in [-0.2, -0.15) is 0 Å². The smallest absolute Gasteiger partial charge is 0.341 e. The number of aromatic nitrogens is 1. The molecule has 0 saturated carbocycles. The van der Waals surface area contributed by atoms with Gasteiger partial charge in [0.25, 0.3) is 0 Å². The Hall–Kier alpha value is -2.50. The van der Waals surface area contributed by atoms with Crippen LogP contribution in [0.25, 0.3) is 0 Å². The van der Waals surface area contributed by atoms with E-state index in [2.05, 4.69) is 0 Å². The Morgan fingerprint density at radius 2 is 1.84 bits per heavy atom. The molecular weight excluding hydrogens is 256 g/mol. The maximum absolute atomic E-state index is 13.0. The van der Waals surface area contributed by atoms with Crippen LogP contribution < -0.4 is 5.43 Å². The molecule has 0 saturated heterocycles. The first-order chi connectivity index (χ1) is 8.95. The molecule has 0 aliphatic heterocycles. The third-order valence-electron chi connectivity index (χ3n) is 2.50. The Labute approximate surface area is 106 Å². The van der Waals surface area contributed by atoms with Gasteiger partial charge in [-0.3, -0.25) is 4.79 Å². The first kappa shape index (κ1) is 12.9. The van der Waals surface area contributed by atoms with Gasteiger partial charge in [0, 0.05) is 31.1 Å². The second-order valence-corrected chi connectivity index (χ2v) is 3.98. The molecule has 0 fully saturated rings. The lowest BCUT2D eigenvalue weighted by atomic mass is 10.2. The van der Waals surface area contributed by atoms with Crippen LogP contribution in [0.4, 0.5) is 8.78 Å².